The highest BCUT2D eigenvalue weighted by Crippen LogP contribution is 2.44. The van der Waals surface area contributed by atoms with Crippen LogP contribution in [0.25, 0.3) is 0 Å². The van der Waals surface area contributed by atoms with E-state index in [1.165, 1.54) is 0 Å². The molecular weight excluding hydrogens is 969 g/mol. The second-order valence-corrected chi connectivity index (χ2v) is 47.4. The molecule has 0 spiro atoms. The van der Waals surface area contributed by atoms with Crippen molar-refractivity contribution < 1.29 is 32.3 Å². The molecule has 11 heteroatoms. The summed E-state index contributed by atoms with van der Waals surface area (Å²) in [6.07, 6.45) is 18.5. The summed E-state index contributed by atoms with van der Waals surface area (Å²) in [6.45, 7) is 65.6. The highest BCUT2D eigenvalue weighted by Gasteiger charge is 2.45. The summed E-state index contributed by atoms with van der Waals surface area (Å²) in [6, 6.07) is 8.21. The topological polar surface area (TPSA) is 75.6 Å². The molecule has 0 saturated heterocycles. The molecule has 1 aromatic carbocycles. The van der Waals surface area contributed by atoms with E-state index in [4.69, 9.17) is 27.2 Å². The SMILES string of the molecule is C=C/C=C\[C@H](C)[C@H](OCc1ccc(OC)cc1)[C@@H](C)[C@@H](CC[C@H](C)C[C@@H](C)[C@@H](O[Si](C)(C)C(C)(C)C)[C@@H](C)/C=C\[C@H](C[C@H](O[Si](C)(C)C(C)(C)C)[C@@H](C)/C=C/CO)O[Si](C)(C)C(C)(C)C)O[Si](C)(C)C(C)(C)C. The van der Waals surface area contributed by atoms with E-state index < -0.39 is 33.3 Å². The molecule has 0 bridgehead atoms. The van der Waals surface area contributed by atoms with Gasteiger partial charge in [0.1, 0.15) is 5.75 Å². The first-order valence-electron chi connectivity index (χ1n) is 28.3. The molecule has 0 unspecified atom stereocenters. The highest BCUT2D eigenvalue weighted by atomic mass is 28.4. The van der Waals surface area contributed by atoms with Gasteiger partial charge in [-0.05, 0) is 133 Å². The Kier molecular flexibility index (Phi) is 27.7. The Morgan fingerprint density at radius 1 is 0.548 bits per heavy atom. The molecule has 0 aliphatic carbocycles. The first-order chi connectivity index (χ1) is 33.1. The number of rotatable bonds is 31. The van der Waals surface area contributed by atoms with E-state index in [0.717, 1.165) is 37.0 Å². The van der Waals surface area contributed by atoms with Crippen molar-refractivity contribution in [2.75, 3.05) is 13.7 Å². The minimum Gasteiger partial charge on any atom is -0.497 e. The van der Waals surface area contributed by atoms with Crippen LogP contribution >= 0.6 is 0 Å². The fourth-order valence-electron chi connectivity index (χ4n) is 8.53. The van der Waals surface area contributed by atoms with Gasteiger partial charge in [0, 0.05) is 18.3 Å². The fourth-order valence-corrected chi connectivity index (χ4v) is 14.2. The smallest absolute Gasteiger partial charge is 0.192 e. The number of aliphatic hydroxyl groups is 1. The van der Waals surface area contributed by atoms with Gasteiger partial charge < -0.3 is 32.3 Å². The van der Waals surface area contributed by atoms with Crippen LogP contribution in [0.4, 0.5) is 0 Å². The largest absolute Gasteiger partial charge is 0.497 e. The summed E-state index contributed by atoms with van der Waals surface area (Å²) >= 11 is 0. The van der Waals surface area contributed by atoms with Crippen LogP contribution in [0.1, 0.15) is 156 Å². The van der Waals surface area contributed by atoms with Crippen molar-refractivity contribution in [1.29, 1.82) is 0 Å². The van der Waals surface area contributed by atoms with Gasteiger partial charge in [0.05, 0.1) is 50.8 Å². The number of aliphatic hydroxyl groups excluding tert-OH is 1. The van der Waals surface area contributed by atoms with Gasteiger partial charge in [0.25, 0.3) is 0 Å². The zero-order valence-corrected chi connectivity index (χ0v) is 56.5. The Morgan fingerprint density at radius 2 is 1.01 bits per heavy atom. The summed E-state index contributed by atoms with van der Waals surface area (Å²) in [4.78, 5) is 0. The predicted molar refractivity (Wildman–Crippen MR) is 328 cm³/mol. The maximum Gasteiger partial charge on any atom is 0.192 e. The van der Waals surface area contributed by atoms with Crippen molar-refractivity contribution in [3.8, 4) is 5.75 Å². The van der Waals surface area contributed by atoms with E-state index >= 15 is 0 Å². The average Bonchev–Trinajstić information content (AvgIpc) is 3.25. The number of benzene rings is 1. The Bertz CT molecular complexity index is 1830. The predicted octanol–water partition coefficient (Wildman–Crippen LogP) is 18.4. The van der Waals surface area contributed by atoms with Crippen LogP contribution in [-0.2, 0) is 29.0 Å². The third-order valence-electron chi connectivity index (χ3n) is 17.8. The van der Waals surface area contributed by atoms with Gasteiger partial charge in [-0.1, -0.05) is 186 Å². The van der Waals surface area contributed by atoms with E-state index in [-0.39, 0.29) is 81.0 Å². The summed E-state index contributed by atoms with van der Waals surface area (Å²) in [7, 11) is -6.98. The first kappa shape index (κ1) is 69.6. The molecule has 0 radical (unpaired) electrons. The van der Waals surface area contributed by atoms with Crippen molar-refractivity contribution in [3.63, 3.8) is 0 Å². The number of hydrogen-bond acceptors (Lipinski definition) is 7. The van der Waals surface area contributed by atoms with Gasteiger partial charge in [0.15, 0.2) is 33.3 Å². The maximum absolute atomic E-state index is 9.80. The molecule has 1 rings (SSSR count). The van der Waals surface area contributed by atoms with Crippen LogP contribution in [0, 0.1) is 35.5 Å². The molecule has 11 atom stereocenters. The Morgan fingerprint density at radius 3 is 1.48 bits per heavy atom. The lowest BCUT2D eigenvalue weighted by atomic mass is 9.82. The number of allylic oxidation sites excluding steroid dienone is 2. The summed E-state index contributed by atoms with van der Waals surface area (Å²) < 4.78 is 42.1. The van der Waals surface area contributed by atoms with Crippen LogP contribution in [-0.4, -0.2) is 82.6 Å². The van der Waals surface area contributed by atoms with Gasteiger partial charge in [-0.2, -0.15) is 0 Å². The quantitative estimate of drug-likeness (QED) is 0.0451. The second kappa shape index (κ2) is 29.0. The molecule has 7 nitrogen and oxygen atoms in total. The van der Waals surface area contributed by atoms with Crippen molar-refractivity contribution >= 4 is 33.3 Å². The lowest BCUT2D eigenvalue weighted by Crippen LogP contribution is -2.48. The molecule has 0 saturated carbocycles. The Labute approximate surface area is 457 Å². The minimum atomic E-state index is -2.20. The molecule has 0 amide bonds. The zero-order chi connectivity index (χ0) is 56.8. The number of ether oxygens (including phenoxy) is 2. The van der Waals surface area contributed by atoms with Gasteiger partial charge >= 0.3 is 0 Å². The molecule has 0 aliphatic rings. The molecular formula is C62H118O7Si4. The van der Waals surface area contributed by atoms with Crippen LogP contribution in [0.15, 0.2) is 73.4 Å². The lowest BCUT2D eigenvalue weighted by Gasteiger charge is -2.44. The third-order valence-corrected chi connectivity index (χ3v) is 35.8. The van der Waals surface area contributed by atoms with Crippen LogP contribution in [0.2, 0.25) is 72.5 Å². The molecule has 0 fully saturated rings. The first-order valence-corrected chi connectivity index (χ1v) is 39.9. The molecule has 1 N–H and O–H groups in total. The van der Waals surface area contributed by atoms with E-state index in [1.54, 1.807) is 7.11 Å². The van der Waals surface area contributed by atoms with Gasteiger partial charge in [-0.15, -0.1) is 0 Å². The Hall–Kier alpha value is -1.39. The van der Waals surface area contributed by atoms with Crippen molar-refractivity contribution in [1.82, 2.24) is 0 Å². The van der Waals surface area contributed by atoms with E-state index in [9.17, 15) is 5.11 Å². The van der Waals surface area contributed by atoms with Crippen molar-refractivity contribution in [2.24, 2.45) is 35.5 Å². The summed E-state index contributed by atoms with van der Waals surface area (Å²) in [5.41, 5.74) is 1.13. The molecule has 0 aliphatic heterocycles. The van der Waals surface area contributed by atoms with Crippen molar-refractivity contribution in [3.05, 3.63) is 78.9 Å². The highest BCUT2D eigenvalue weighted by molar-refractivity contribution is 6.75. The second-order valence-electron chi connectivity index (χ2n) is 28.4. The van der Waals surface area contributed by atoms with Crippen LogP contribution < -0.4 is 4.74 Å². The summed E-state index contributed by atoms with van der Waals surface area (Å²) in [5.74, 6) is 2.16. The van der Waals surface area contributed by atoms with Gasteiger partial charge in [0.2, 0.25) is 0 Å². The molecule has 73 heavy (non-hydrogen) atoms. The Balaban J connectivity index is 3.78. The van der Waals surface area contributed by atoms with E-state index in [1.807, 2.05) is 24.3 Å². The standard InChI is InChI=1S/C62H118O7Si4/c1-29-30-32-48(4)58(65-45-52-36-39-53(64-20)40-37-52)51(7)55(67-71(23,24)60(11,12)13)41-34-46(2)43-50(6)57(69-73(27,28)62(17,18)19)49(5)35-38-54(66-70(21,22)59(8,9)10)44-56(47(3)33-31-42-63)68-72(25,26)61(14,15)16/h29-33,35-40,46-51,54-58,63H,1,34,41-45H2,2-28H3/b32-30-,33-31+,38-35-/t46-,47-,48-,49-,50+,51-,54+,55+,56-,57-,58-/m0/s1. The molecule has 0 heterocycles. The van der Waals surface area contributed by atoms with E-state index in [0.29, 0.717) is 18.4 Å². The molecule has 0 aromatic heterocycles. The van der Waals surface area contributed by atoms with Gasteiger partial charge in [-0.3, -0.25) is 0 Å². The third kappa shape index (κ3) is 22.5. The monoisotopic (exact) mass is 1090 g/mol. The van der Waals surface area contributed by atoms with Crippen LogP contribution in [0.3, 0.4) is 0 Å². The minimum absolute atomic E-state index is 0.0181. The van der Waals surface area contributed by atoms with E-state index in [2.05, 4.69) is 226 Å². The molecule has 424 valence electrons. The molecule has 1 aromatic rings. The number of hydrogen-bond donors (Lipinski definition) is 1. The average molecular weight is 1090 g/mol. The summed E-state index contributed by atoms with van der Waals surface area (Å²) in [5, 5.41) is 10.0. The number of methoxy groups -OCH3 is 1. The van der Waals surface area contributed by atoms with Gasteiger partial charge in [-0.25, -0.2) is 0 Å². The fraction of sp³-hybridized carbons (Fsp3) is 0.774. The van der Waals surface area contributed by atoms with Crippen molar-refractivity contribution in [2.45, 2.75) is 260 Å². The van der Waals surface area contributed by atoms with Crippen LogP contribution in [0.5, 0.6) is 5.75 Å². The normalized spacial score (nSPS) is 18.8. The lowest BCUT2D eigenvalue weighted by molar-refractivity contribution is -0.0551. The zero-order valence-electron chi connectivity index (χ0n) is 52.5. The maximum atomic E-state index is 9.80.